The fourth-order valence-electron chi connectivity index (χ4n) is 2.31. The monoisotopic (exact) mass is 250 g/mol. The molecule has 102 valence electrons. The van der Waals surface area contributed by atoms with Gasteiger partial charge >= 0.3 is 0 Å². The molecule has 1 aromatic rings. The van der Waals surface area contributed by atoms with Crippen molar-refractivity contribution >= 4 is 0 Å². The molecule has 0 bridgehead atoms. The zero-order chi connectivity index (χ0) is 13.8. The van der Waals surface area contributed by atoms with E-state index in [2.05, 4.69) is 57.4 Å². The van der Waals surface area contributed by atoms with E-state index < -0.39 is 0 Å². The van der Waals surface area contributed by atoms with Gasteiger partial charge in [0.15, 0.2) is 0 Å². The van der Waals surface area contributed by atoms with E-state index in [0.29, 0.717) is 0 Å². The molecule has 0 fully saturated rings. The molecule has 0 saturated carbocycles. The molecule has 1 aromatic carbocycles. The maximum Gasteiger partial charge on any atom is 0.0827 e. The first-order valence-corrected chi connectivity index (χ1v) is 6.51. The number of methoxy groups -OCH3 is 1. The molecule has 2 atom stereocenters. The summed E-state index contributed by atoms with van der Waals surface area (Å²) in [5, 5.41) is 0. The second-order valence-electron chi connectivity index (χ2n) is 5.76. The van der Waals surface area contributed by atoms with Crippen LogP contribution in [0.25, 0.3) is 0 Å². The third kappa shape index (κ3) is 3.55. The van der Waals surface area contributed by atoms with Crippen LogP contribution in [-0.4, -0.2) is 13.2 Å². The Hall–Kier alpha value is -0.900. The van der Waals surface area contributed by atoms with Gasteiger partial charge in [0.25, 0.3) is 0 Å². The van der Waals surface area contributed by atoms with Crippen molar-refractivity contribution in [1.82, 2.24) is 5.43 Å². The van der Waals surface area contributed by atoms with Crippen LogP contribution in [0.3, 0.4) is 0 Å². The molecule has 0 amide bonds. The first-order chi connectivity index (χ1) is 8.43. The number of benzene rings is 1. The Morgan fingerprint density at radius 2 is 1.78 bits per heavy atom. The van der Waals surface area contributed by atoms with Gasteiger partial charge in [-0.15, -0.1) is 0 Å². The minimum absolute atomic E-state index is 0.000839. The van der Waals surface area contributed by atoms with Crippen LogP contribution in [0.1, 0.15) is 44.9 Å². The van der Waals surface area contributed by atoms with Gasteiger partial charge in [-0.05, 0) is 23.0 Å². The second-order valence-corrected chi connectivity index (χ2v) is 5.76. The molecule has 0 spiro atoms. The summed E-state index contributed by atoms with van der Waals surface area (Å²) in [6.07, 6.45) is 1.07. The Kier molecular flexibility index (Phi) is 5.32. The van der Waals surface area contributed by atoms with Crippen LogP contribution < -0.4 is 11.3 Å². The highest BCUT2D eigenvalue weighted by Crippen LogP contribution is 2.32. The van der Waals surface area contributed by atoms with Gasteiger partial charge in [-0.1, -0.05) is 52.0 Å². The van der Waals surface area contributed by atoms with Gasteiger partial charge in [0.1, 0.15) is 0 Å². The van der Waals surface area contributed by atoms with Crippen LogP contribution >= 0.6 is 0 Å². The maximum atomic E-state index is 5.72. The van der Waals surface area contributed by atoms with Crippen LogP contribution in [0.15, 0.2) is 24.3 Å². The largest absolute Gasteiger partial charge is 0.379 e. The lowest BCUT2D eigenvalue weighted by Gasteiger charge is -2.35. The third-order valence-electron chi connectivity index (χ3n) is 3.34. The standard InChI is InChI=1S/C15H26N2O/c1-6-11-7-9-12(10-8-11)13(17-16)14(18-5)15(2,3)4/h7-10,13-14,17H,6,16H2,1-5H3. The molecule has 0 aliphatic heterocycles. The van der Waals surface area contributed by atoms with Crippen molar-refractivity contribution in [3.8, 4) is 0 Å². The highest BCUT2D eigenvalue weighted by atomic mass is 16.5. The number of nitrogens with one attached hydrogen (secondary N) is 1. The van der Waals surface area contributed by atoms with E-state index in [9.17, 15) is 0 Å². The molecule has 3 nitrogen and oxygen atoms in total. The number of aryl methyl sites for hydroxylation is 1. The quantitative estimate of drug-likeness (QED) is 0.624. The van der Waals surface area contributed by atoms with E-state index >= 15 is 0 Å². The predicted molar refractivity (Wildman–Crippen MR) is 76.1 cm³/mol. The molecular weight excluding hydrogens is 224 g/mol. The average Bonchev–Trinajstić information content (AvgIpc) is 2.34. The minimum Gasteiger partial charge on any atom is -0.379 e. The Balaban J connectivity index is 3.00. The number of hydrogen-bond donors (Lipinski definition) is 2. The van der Waals surface area contributed by atoms with Crippen molar-refractivity contribution in [2.45, 2.75) is 46.3 Å². The van der Waals surface area contributed by atoms with E-state index in [-0.39, 0.29) is 17.6 Å². The zero-order valence-corrected chi connectivity index (χ0v) is 12.2. The van der Waals surface area contributed by atoms with E-state index in [4.69, 9.17) is 10.6 Å². The van der Waals surface area contributed by atoms with Gasteiger partial charge in [0, 0.05) is 7.11 Å². The average molecular weight is 250 g/mol. The topological polar surface area (TPSA) is 47.3 Å². The van der Waals surface area contributed by atoms with Gasteiger partial charge < -0.3 is 4.74 Å². The lowest BCUT2D eigenvalue weighted by molar-refractivity contribution is -0.0120. The zero-order valence-electron chi connectivity index (χ0n) is 12.2. The maximum absolute atomic E-state index is 5.72. The molecule has 0 heterocycles. The Morgan fingerprint density at radius 1 is 1.22 bits per heavy atom. The van der Waals surface area contributed by atoms with Crippen LogP contribution in [0.4, 0.5) is 0 Å². The predicted octanol–water partition coefficient (Wildman–Crippen LogP) is 2.81. The van der Waals surface area contributed by atoms with Crippen molar-refractivity contribution < 1.29 is 4.74 Å². The molecule has 0 saturated heterocycles. The Labute approximate surface area is 111 Å². The molecule has 3 N–H and O–H groups in total. The van der Waals surface area contributed by atoms with E-state index in [1.807, 2.05) is 0 Å². The minimum atomic E-state index is 0.000839. The number of nitrogens with two attached hydrogens (primary N) is 1. The molecule has 18 heavy (non-hydrogen) atoms. The summed E-state index contributed by atoms with van der Waals surface area (Å²) in [4.78, 5) is 0. The van der Waals surface area contributed by atoms with E-state index in [1.165, 1.54) is 5.56 Å². The second kappa shape index (κ2) is 6.32. The van der Waals surface area contributed by atoms with Crippen molar-refractivity contribution in [2.24, 2.45) is 11.3 Å². The number of rotatable bonds is 5. The highest BCUT2D eigenvalue weighted by Gasteiger charge is 2.32. The van der Waals surface area contributed by atoms with Crippen LogP contribution in [-0.2, 0) is 11.2 Å². The molecule has 0 aliphatic carbocycles. The lowest BCUT2D eigenvalue weighted by atomic mass is 9.82. The first kappa shape index (κ1) is 15.2. The van der Waals surface area contributed by atoms with E-state index in [1.54, 1.807) is 7.11 Å². The van der Waals surface area contributed by atoms with E-state index in [0.717, 1.165) is 12.0 Å². The summed E-state index contributed by atoms with van der Waals surface area (Å²) < 4.78 is 5.64. The smallest absolute Gasteiger partial charge is 0.0827 e. The SMILES string of the molecule is CCc1ccc(C(NN)C(OC)C(C)(C)C)cc1. The molecule has 1 rings (SSSR count). The normalized spacial score (nSPS) is 15.4. The summed E-state index contributed by atoms with van der Waals surface area (Å²) in [6.45, 7) is 8.63. The van der Waals surface area contributed by atoms with Gasteiger partial charge in [-0.3, -0.25) is 11.3 Å². The first-order valence-electron chi connectivity index (χ1n) is 6.51. The molecular formula is C15H26N2O. The summed E-state index contributed by atoms with van der Waals surface area (Å²) in [5.74, 6) is 5.72. The van der Waals surface area contributed by atoms with Crippen molar-refractivity contribution in [3.05, 3.63) is 35.4 Å². The third-order valence-corrected chi connectivity index (χ3v) is 3.34. The van der Waals surface area contributed by atoms with Gasteiger partial charge in [0.2, 0.25) is 0 Å². The summed E-state index contributed by atoms with van der Waals surface area (Å²) in [7, 11) is 1.74. The molecule has 0 aromatic heterocycles. The molecule has 0 aliphatic rings. The highest BCUT2D eigenvalue weighted by molar-refractivity contribution is 5.26. The number of hydrazine groups is 1. The van der Waals surface area contributed by atoms with Gasteiger partial charge in [0.05, 0.1) is 12.1 Å². The molecule has 3 heteroatoms. The summed E-state index contributed by atoms with van der Waals surface area (Å²) in [5.41, 5.74) is 5.41. The number of ether oxygens (including phenoxy) is 1. The van der Waals surface area contributed by atoms with Gasteiger partial charge in [-0.2, -0.15) is 0 Å². The van der Waals surface area contributed by atoms with Crippen LogP contribution in [0.5, 0.6) is 0 Å². The summed E-state index contributed by atoms with van der Waals surface area (Å²) >= 11 is 0. The Bertz CT molecular complexity index is 354. The number of hydrogen-bond acceptors (Lipinski definition) is 3. The fraction of sp³-hybridized carbons (Fsp3) is 0.600. The van der Waals surface area contributed by atoms with Gasteiger partial charge in [-0.25, -0.2) is 0 Å². The van der Waals surface area contributed by atoms with Crippen molar-refractivity contribution in [2.75, 3.05) is 7.11 Å². The Morgan fingerprint density at radius 3 is 2.11 bits per heavy atom. The fourth-order valence-corrected chi connectivity index (χ4v) is 2.31. The molecule has 0 radical (unpaired) electrons. The summed E-state index contributed by atoms with van der Waals surface area (Å²) in [6, 6.07) is 8.55. The molecule has 2 unspecified atom stereocenters. The van der Waals surface area contributed by atoms with Crippen molar-refractivity contribution in [3.63, 3.8) is 0 Å². The van der Waals surface area contributed by atoms with Crippen LogP contribution in [0, 0.1) is 5.41 Å². The lowest BCUT2D eigenvalue weighted by Crippen LogP contribution is -2.44. The van der Waals surface area contributed by atoms with Crippen LogP contribution in [0.2, 0.25) is 0 Å². The van der Waals surface area contributed by atoms with Crippen molar-refractivity contribution in [1.29, 1.82) is 0 Å².